The minimum absolute atomic E-state index is 0.0560. The molecule has 3 aromatic rings. The molecular weight excluding hydrogens is 434 g/mol. The van der Waals surface area contributed by atoms with Gasteiger partial charge in [-0.05, 0) is 57.2 Å². The maximum Gasteiger partial charge on any atom is 0.311 e. The Labute approximate surface area is 178 Å². The first-order valence-corrected chi connectivity index (χ1v) is 10.0. The summed E-state index contributed by atoms with van der Waals surface area (Å²) in [6.45, 7) is 5.33. The van der Waals surface area contributed by atoms with Gasteiger partial charge in [0.25, 0.3) is 5.91 Å². The molecule has 1 N–H and O–H groups in total. The van der Waals surface area contributed by atoms with E-state index in [0.29, 0.717) is 5.69 Å². The number of nitrogens with zero attached hydrogens (tertiary/aromatic N) is 2. The van der Waals surface area contributed by atoms with Gasteiger partial charge in [-0.2, -0.15) is 5.10 Å². The molecule has 0 bridgehead atoms. The fraction of sp³-hybridized carbons (Fsp3) is 0.227. The second-order valence-corrected chi connectivity index (χ2v) is 7.62. The summed E-state index contributed by atoms with van der Waals surface area (Å²) in [4.78, 5) is 24.7. The van der Waals surface area contributed by atoms with Crippen molar-refractivity contribution in [2.24, 2.45) is 0 Å². The normalized spacial score (nSPS) is 11.7. The van der Waals surface area contributed by atoms with Crippen LogP contribution in [0.4, 0.5) is 5.69 Å². The fourth-order valence-corrected chi connectivity index (χ4v) is 3.23. The molecule has 3 rings (SSSR count). The van der Waals surface area contributed by atoms with E-state index in [2.05, 4.69) is 26.3 Å². The quantitative estimate of drug-likeness (QED) is 0.560. The zero-order valence-corrected chi connectivity index (χ0v) is 18.1. The number of para-hydroxylation sites is 1. The van der Waals surface area contributed by atoms with Crippen LogP contribution in [-0.4, -0.2) is 27.8 Å². The predicted molar refractivity (Wildman–Crippen MR) is 115 cm³/mol. The first-order chi connectivity index (χ1) is 13.8. The predicted octanol–water partition coefficient (Wildman–Crippen LogP) is 4.36. The van der Waals surface area contributed by atoms with E-state index in [1.165, 1.54) is 0 Å². The fourth-order valence-electron chi connectivity index (χ4n) is 2.97. The van der Waals surface area contributed by atoms with E-state index in [-0.39, 0.29) is 12.3 Å². The Bertz CT molecular complexity index is 1010. The lowest BCUT2D eigenvalue weighted by Gasteiger charge is -2.14. The molecule has 29 heavy (non-hydrogen) atoms. The van der Waals surface area contributed by atoms with Crippen molar-refractivity contribution in [2.45, 2.75) is 33.3 Å². The number of esters is 1. The largest absolute Gasteiger partial charge is 0.452 e. The first kappa shape index (κ1) is 20.8. The highest BCUT2D eigenvalue weighted by atomic mass is 79.9. The number of benzene rings is 2. The van der Waals surface area contributed by atoms with Crippen molar-refractivity contribution in [2.75, 3.05) is 5.32 Å². The number of nitrogens with one attached hydrogen (secondary N) is 1. The summed E-state index contributed by atoms with van der Waals surface area (Å²) in [5.74, 6) is -0.851. The third-order valence-electron chi connectivity index (χ3n) is 4.55. The molecule has 0 aliphatic rings. The maximum absolute atomic E-state index is 12.4. The maximum atomic E-state index is 12.4. The molecule has 1 heterocycles. The second-order valence-electron chi connectivity index (χ2n) is 6.70. The van der Waals surface area contributed by atoms with Gasteiger partial charge in [-0.15, -0.1) is 0 Å². The van der Waals surface area contributed by atoms with Gasteiger partial charge in [-0.1, -0.05) is 34.1 Å². The summed E-state index contributed by atoms with van der Waals surface area (Å²) in [5.41, 5.74) is 4.00. The number of carbonyl (C=O) groups is 2. The summed E-state index contributed by atoms with van der Waals surface area (Å²) in [5, 5.41) is 7.27. The molecule has 1 aromatic heterocycles. The molecule has 1 amide bonds. The van der Waals surface area contributed by atoms with Gasteiger partial charge in [-0.3, -0.25) is 9.59 Å². The van der Waals surface area contributed by atoms with Gasteiger partial charge in [-0.25, -0.2) is 4.68 Å². The van der Waals surface area contributed by atoms with Crippen LogP contribution in [0.3, 0.4) is 0 Å². The van der Waals surface area contributed by atoms with Crippen molar-refractivity contribution in [3.8, 4) is 5.69 Å². The van der Waals surface area contributed by atoms with Crippen molar-refractivity contribution in [1.82, 2.24) is 9.78 Å². The lowest BCUT2D eigenvalue weighted by molar-refractivity contribution is -0.152. The number of anilines is 1. The molecule has 7 heteroatoms. The van der Waals surface area contributed by atoms with Crippen molar-refractivity contribution >= 4 is 33.5 Å². The van der Waals surface area contributed by atoms with Crippen LogP contribution in [0.5, 0.6) is 0 Å². The smallest absolute Gasteiger partial charge is 0.311 e. The van der Waals surface area contributed by atoms with E-state index in [0.717, 1.165) is 27.1 Å². The molecule has 2 aromatic carbocycles. The molecule has 0 aliphatic heterocycles. The first-order valence-electron chi connectivity index (χ1n) is 9.21. The Morgan fingerprint density at radius 3 is 2.41 bits per heavy atom. The van der Waals surface area contributed by atoms with Gasteiger partial charge in [0, 0.05) is 21.4 Å². The Kier molecular flexibility index (Phi) is 6.49. The molecule has 6 nitrogen and oxygen atoms in total. The molecule has 0 saturated carbocycles. The summed E-state index contributed by atoms with van der Waals surface area (Å²) in [6, 6.07) is 16.9. The number of halogens is 1. The molecule has 0 aliphatic carbocycles. The van der Waals surface area contributed by atoms with Gasteiger partial charge >= 0.3 is 5.97 Å². The summed E-state index contributed by atoms with van der Waals surface area (Å²) in [6.07, 6.45) is -0.851. The number of aryl methyl sites for hydroxylation is 1. The Morgan fingerprint density at radius 1 is 1.10 bits per heavy atom. The van der Waals surface area contributed by atoms with Crippen LogP contribution >= 0.6 is 15.9 Å². The van der Waals surface area contributed by atoms with E-state index in [9.17, 15) is 9.59 Å². The van der Waals surface area contributed by atoms with Crippen LogP contribution in [0.1, 0.15) is 23.9 Å². The van der Waals surface area contributed by atoms with E-state index in [4.69, 9.17) is 4.74 Å². The second kappa shape index (κ2) is 9.05. The minimum atomic E-state index is -0.907. The number of aromatic nitrogens is 2. The zero-order chi connectivity index (χ0) is 21.0. The molecule has 0 radical (unpaired) electrons. The number of amides is 1. The Balaban J connectivity index is 1.64. The topological polar surface area (TPSA) is 73.2 Å². The van der Waals surface area contributed by atoms with Gasteiger partial charge in [0.1, 0.15) is 0 Å². The van der Waals surface area contributed by atoms with Crippen molar-refractivity contribution in [3.05, 3.63) is 76.0 Å². The molecule has 0 saturated heterocycles. The third-order valence-corrected chi connectivity index (χ3v) is 5.08. The number of hydrogen-bond acceptors (Lipinski definition) is 4. The van der Waals surface area contributed by atoms with Crippen molar-refractivity contribution in [3.63, 3.8) is 0 Å². The number of carbonyl (C=O) groups excluding carboxylic acids is 2. The molecule has 0 fully saturated rings. The molecule has 150 valence electrons. The Hall–Kier alpha value is -2.93. The highest BCUT2D eigenvalue weighted by molar-refractivity contribution is 9.10. The standard InChI is InChI=1S/C22H22BrN3O3/c1-14-20(15(2)26(25-14)19-7-5-4-6-8-19)13-21(27)29-16(3)22(28)24-18-11-9-17(23)10-12-18/h4-12,16H,13H2,1-3H3,(H,24,28). The number of hydrogen-bond donors (Lipinski definition) is 1. The summed E-state index contributed by atoms with van der Waals surface area (Å²) in [7, 11) is 0. The van der Waals surface area contributed by atoms with Gasteiger partial charge in [0.2, 0.25) is 0 Å². The zero-order valence-electron chi connectivity index (χ0n) is 16.5. The van der Waals surface area contributed by atoms with Gasteiger partial charge < -0.3 is 10.1 Å². The number of rotatable bonds is 6. The average Bonchev–Trinajstić information content (AvgIpc) is 2.98. The average molecular weight is 456 g/mol. The lowest BCUT2D eigenvalue weighted by atomic mass is 10.1. The summed E-state index contributed by atoms with van der Waals surface area (Å²) >= 11 is 3.34. The molecule has 0 spiro atoms. The highest BCUT2D eigenvalue weighted by Gasteiger charge is 2.21. The van der Waals surface area contributed by atoms with Crippen LogP contribution in [0.2, 0.25) is 0 Å². The molecular formula is C22H22BrN3O3. The SMILES string of the molecule is Cc1nn(-c2ccccc2)c(C)c1CC(=O)OC(C)C(=O)Nc1ccc(Br)cc1. The third kappa shape index (κ3) is 5.12. The van der Waals surface area contributed by atoms with Gasteiger partial charge in [0.15, 0.2) is 6.10 Å². The van der Waals surface area contributed by atoms with Crippen molar-refractivity contribution in [1.29, 1.82) is 0 Å². The lowest BCUT2D eigenvalue weighted by Crippen LogP contribution is -2.30. The van der Waals surface area contributed by atoms with E-state index in [1.807, 2.05) is 61.0 Å². The Morgan fingerprint density at radius 2 is 1.76 bits per heavy atom. The van der Waals surface area contributed by atoms with Crippen LogP contribution in [-0.2, 0) is 20.7 Å². The van der Waals surface area contributed by atoms with E-state index in [1.54, 1.807) is 19.1 Å². The number of ether oxygens (including phenoxy) is 1. The van der Waals surface area contributed by atoms with Crippen molar-refractivity contribution < 1.29 is 14.3 Å². The van der Waals surface area contributed by atoms with Crippen LogP contribution in [0.25, 0.3) is 5.69 Å². The van der Waals surface area contributed by atoms with Crippen LogP contribution < -0.4 is 5.32 Å². The monoisotopic (exact) mass is 455 g/mol. The van der Waals surface area contributed by atoms with Crippen LogP contribution in [0.15, 0.2) is 59.1 Å². The minimum Gasteiger partial charge on any atom is -0.452 e. The van der Waals surface area contributed by atoms with E-state index >= 15 is 0 Å². The van der Waals surface area contributed by atoms with E-state index < -0.39 is 12.1 Å². The summed E-state index contributed by atoms with van der Waals surface area (Å²) < 4.78 is 8.06. The van der Waals surface area contributed by atoms with Crippen LogP contribution in [0, 0.1) is 13.8 Å². The highest BCUT2D eigenvalue weighted by Crippen LogP contribution is 2.19. The molecule has 1 atom stereocenters. The van der Waals surface area contributed by atoms with Gasteiger partial charge in [0.05, 0.1) is 17.8 Å². The molecule has 1 unspecified atom stereocenters.